The van der Waals surface area contributed by atoms with Gasteiger partial charge in [0.25, 0.3) is 0 Å². The number of aromatic nitrogens is 1. The summed E-state index contributed by atoms with van der Waals surface area (Å²) in [7, 11) is 0. The van der Waals surface area contributed by atoms with Crippen LogP contribution >= 0.6 is 11.6 Å². The van der Waals surface area contributed by atoms with E-state index in [1.54, 1.807) is 12.4 Å². The summed E-state index contributed by atoms with van der Waals surface area (Å²) in [6.45, 7) is 1.36. The molecule has 0 saturated heterocycles. The zero-order valence-electron chi connectivity index (χ0n) is 11.2. The predicted octanol–water partition coefficient (Wildman–Crippen LogP) is 3.57. The van der Waals surface area contributed by atoms with E-state index in [0.29, 0.717) is 12.6 Å². The number of nitrogens with one attached hydrogen (secondary N) is 1. The van der Waals surface area contributed by atoms with Crippen LogP contribution in [0.1, 0.15) is 24.0 Å². The van der Waals surface area contributed by atoms with Gasteiger partial charge in [-0.3, -0.25) is 4.98 Å². The lowest BCUT2D eigenvalue weighted by atomic mass is 10.2. The zero-order chi connectivity index (χ0) is 13.8. The second-order valence-corrected chi connectivity index (χ2v) is 5.49. The summed E-state index contributed by atoms with van der Waals surface area (Å²) < 4.78 is 5.87. The van der Waals surface area contributed by atoms with Crippen LogP contribution in [0.4, 0.5) is 0 Å². The number of hydrogen-bond donors (Lipinski definition) is 1. The maximum atomic E-state index is 5.87. The largest absolute Gasteiger partial charge is 0.487 e. The second kappa shape index (κ2) is 6.25. The fourth-order valence-electron chi connectivity index (χ4n) is 1.97. The van der Waals surface area contributed by atoms with Crippen LogP contribution in [0.3, 0.4) is 0 Å². The Bertz CT molecular complexity index is 567. The molecule has 1 heterocycles. The molecule has 20 heavy (non-hydrogen) atoms. The lowest BCUT2D eigenvalue weighted by molar-refractivity contribution is 0.301. The second-order valence-electron chi connectivity index (χ2n) is 5.05. The van der Waals surface area contributed by atoms with Gasteiger partial charge in [-0.25, -0.2) is 0 Å². The lowest BCUT2D eigenvalue weighted by Gasteiger charge is -2.11. The number of ether oxygens (including phenoxy) is 1. The number of benzene rings is 1. The molecule has 104 valence electrons. The minimum absolute atomic E-state index is 0.527. The van der Waals surface area contributed by atoms with Crippen molar-refractivity contribution in [3.05, 3.63) is 58.9 Å². The van der Waals surface area contributed by atoms with Crippen molar-refractivity contribution in [2.45, 2.75) is 32.0 Å². The Kier molecular flexibility index (Phi) is 4.19. The summed E-state index contributed by atoms with van der Waals surface area (Å²) >= 11 is 5.87. The molecule has 0 radical (unpaired) electrons. The van der Waals surface area contributed by atoms with Crippen molar-refractivity contribution in [2.75, 3.05) is 0 Å². The van der Waals surface area contributed by atoms with E-state index in [4.69, 9.17) is 16.3 Å². The van der Waals surface area contributed by atoms with E-state index in [9.17, 15) is 0 Å². The topological polar surface area (TPSA) is 34.1 Å². The van der Waals surface area contributed by atoms with E-state index in [1.807, 2.05) is 30.3 Å². The molecule has 0 unspecified atom stereocenters. The van der Waals surface area contributed by atoms with Crippen molar-refractivity contribution in [1.82, 2.24) is 10.3 Å². The van der Waals surface area contributed by atoms with Crippen LogP contribution in [0, 0.1) is 0 Å². The van der Waals surface area contributed by atoms with Crippen molar-refractivity contribution < 1.29 is 4.74 Å². The van der Waals surface area contributed by atoms with Crippen molar-refractivity contribution in [3.8, 4) is 5.75 Å². The summed E-state index contributed by atoms with van der Waals surface area (Å²) in [5.41, 5.74) is 2.25. The molecule has 4 heteroatoms. The smallest absolute Gasteiger partial charge is 0.142 e. The average Bonchev–Trinajstić information content (AvgIpc) is 3.30. The Morgan fingerprint density at radius 1 is 1.20 bits per heavy atom. The van der Waals surface area contributed by atoms with Gasteiger partial charge in [-0.2, -0.15) is 0 Å². The molecular weight excluding hydrogens is 272 g/mol. The highest BCUT2D eigenvalue weighted by Crippen LogP contribution is 2.22. The molecule has 0 amide bonds. The molecule has 1 aliphatic rings. The SMILES string of the molecule is Clc1ccc(COc2cnccc2CNC2CC2)cc1. The van der Waals surface area contributed by atoms with E-state index in [1.165, 1.54) is 12.8 Å². The maximum Gasteiger partial charge on any atom is 0.142 e. The fourth-order valence-corrected chi connectivity index (χ4v) is 2.09. The van der Waals surface area contributed by atoms with Crippen molar-refractivity contribution in [1.29, 1.82) is 0 Å². The minimum Gasteiger partial charge on any atom is -0.487 e. The fraction of sp³-hybridized carbons (Fsp3) is 0.312. The molecular formula is C16H17ClN2O. The lowest BCUT2D eigenvalue weighted by Crippen LogP contribution is -2.16. The van der Waals surface area contributed by atoms with E-state index in [2.05, 4.69) is 10.3 Å². The van der Waals surface area contributed by atoms with Crippen LogP contribution in [-0.2, 0) is 13.2 Å². The van der Waals surface area contributed by atoms with Gasteiger partial charge in [0.1, 0.15) is 12.4 Å². The summed E-state index contributed by atoms with van der Waals surface area (Å²) in [4.78, 5) is 4.14. The average molecular weight is 289 g/mol. The van der Waals surface area contributed by atoms with E-state index in [-0.39, 0.29) is 0 Å². The van der Waals surface area contributed by atoms with Crippen LogP contribution in [0.5, 0.6) is 5.75 Å². The summed E-state index contributed by atoms with van der Waals surface area (Å²) in [5.74, 6) is 0.843. The molecule has 1 aromatic carbocycles. The van der Waals surface area contributed by atoms with Gasteiger partial charge in [-0.05, 0) is 36.6 Å². The Labute approximate surface area is 123 Å². The molecule has 1 N–H and O–H groups in total. The van der Waals surface area contributed by atoms with E-state index in [0.717, 1.165) is 28.4 Å². The molecule has 3 rings (SSSR count). The molecule has 3 nitrogen and oxygen atoms in total. The van der Waals surface area contributed by atoms with Gasteiger partial charge in [0, 0.05) is 29.4 Å². The number of halogens is 1. The first kappa shape index (κ1) is 13.4. The predicted molar refractivity (Wildman–Crippen MR) is 79.9 cm³/mol. The summed E-state index contributed by atoms with van der Waals surface area (Å²) in [5, 5.41) is 4.23. The van der Waals surface area contributed by atoms with Gasteiger partial charge in [0.2, 0.25) is 0 Å². The third kappa shape index (κ3) is 3.71. The Morgan fingerprint density at radius 2 is 2.00 bits per heavy atom. The quantitative estimate of drug-likeness (QED) is 0.882. The summed E-state index contributed by atoms with van der Waals surface area (Å²) in [6, 6.07) is 10.4. The Balaban J connectivity index is 1.62. The monoisotopic (exact) mass is 288 g/mol. The first-order valence-electron chi connectivity index (χ1n) is 6.85. The van der Waals surface area contributed by atoms with Crippen LogP contribution < -0.4 is 10.1 Å². The highest BCUT2D eigenvalue weighted by atomic mass is 35.5. The van der Waals surface area contributed by atoms with Crippen LogP contribution in [0.2, 0.25) is 5.02 Å². The molecule has 2 aromatic rings. The number of rotatable bonds is 6. The molecule has 1 aromatic heterocycles. The van der Waals surface area contributed by atoms with E-state index >= 15 is 0 Å². The maximum absolute atomic E-state index is 5.87. The summed E-state index contributed by atoms with van der Waals surface area (Å²) in [6.07, 6.45) is 6.15. The molecule has 1 aliphatic carbocycles. The number of nitrogens with zero attached hydrogens (tertiary/aromatic N) is 1. The molecule has 1 saturated carbocycles. The van der Waals surface area contributed by atoms with Gasteiger partial charge >= 0.3 is 0 Å². The van der Waals surface area contributed by atoms with Crippen LogP contribution in [0.15, 0.2) is 42.7 Å². The number of hydrogen-bond acceptors (Lipinski definition) is 3. The van der Waals surface area contributed by atoms with Crippen molar-refractivity contribution in [3.63, 3.8) is 0 Å². The van der Waals surface area contributed by atoms with Gasteiger partial charge in [0.15, 0.2) is 0 Å². The molecule has 1 fully saturated rings. The first-order valence-corrected chi connectivity index (χ1v) is 7.22. The van der Waals surface area contributed by atoms with Gasteiger partial charge in [-0.15, -0.1) is 0 Å². The van der Waals surface area contributed by atoms with E-state index < -0.39 is 0 Å². The Hall–Kier alpha value is -1.58. The third-order valence-corrected chi connectivity index (χ3v) is 3.59. The Morgan fingerprint density at radius 3 is 2.75 bits per heavy atom. The minimum atomic E-state index is 0.527. The normalized spacial score (nSPS) is 14.2. The molecule has 0 spiro atoms. The van der Waals surface area contributed by atoms with Gasteiger partial charge in [0.05, 0.1) is 6.20 Å². The van der Waals surface area contributed by atoms with Crippen molar-refractivity contribution >= 4 is 11.6 Å². The zero-order valence-corrected chi connectivity index (χ0v) is 11.9. The standard InChI is InChI=1S/C16H17ClN2O/c17-14-3-1-12(2-4-14)11-20-16-10-18-8-7-13(16)9-19-15-5-6-15/h1-4,7-8,10,15,19H,5-6,9,11H2. The molecule has 0 bridgehead atoms. The number of pyridine rings is 1. The van der Waals surface area contributed by atoms with Gasteiger partial charge in [-0.1, -0.05) is 23.7 Å². The van der Waals surface area contributed by atoms with Crippen molar-refractivity contribution in [2.24, 2.45) is 0 Å². The highest BCUT2D eigenvalue weighted by Gasteiger charge is 2.20. The molecule has 0 atom stereocenters. The van der Waals surface area contributed by atoms with Gasteiger partial charge < -0.3 is 10.1 Å². The van der Waals surface area contributed by atoms with Crippen LogP contribution in [0.25, 0.3) is 0 Å². The van der Waals surface area contributed by atoms with Crippen LogP contribution in [-0.4, -0.2) is 11.0 Å². The first-order chi connectivity index (χ1) is 9.81. The molecule has 0 aliphatic heterocycles. The highest BCUT2D eigenvalue weighted by molar-refractivity contribution is 6.30. The third-order valence-electron chi connectivity index (χ3n) is 3.34.